The molecule has 2 rings (SSSR count). The van der Waals surface area contributed by atoms with Crippen LogP contribution in [-0.4, -0.2) is 43.7 Å². The molecule has 1 unspecified atom stereocenters. The van der Waals surface area contributed by atoms with Gasteiger partial charge in [-0.3, -0.25) is 4.79 Å². The Morgan fingerprint density at radius 2 is 2.37 bits per heavy atom. The standard InChI is InChI=1S/C14H18FNO3/c1-18-8-6-14(17)16-7-5-13(10-16)19-12-4-2-3-11(15)9-12/h2-4,9,13H,5-8,10H2,1H3. The van der Waals surface area contributed by atoms with E-state index < -0.39 is 0 Å². The molecule has 19 heavy (non-hydrogen) atoms. The number of hydrogen-bond acceptors (Lipinski definition) is 3. The van der Waals surface area contributed by atoms with E-state index in [9.17, 15) is 9.18 Å². The van der Waals surface area contributed by atoms with Crippen molar-refractivity contribution < 1.29 is 18.7 Å². The summed E-state index contributed by atoms with van der Waals surface area (Å²) in [6.07, 6.45) is 1.10. The molecule has 0 spiro atoms. The second-order valence-electron chi connectivity index (χ2n) is 4.57. The lowest BCUT2D eigenvalue weighted by molar-refractivity contribution is -0.131. The number of carbonyl (C=O) groups is 1. The van der Waals surface area contributed by atoms with Gasteiger partial charge in [0, 0.05) is 26.1 Å². The van der Waals surface area contributed by atoms with Gasteiger partial charge in [0.25, 0.3) is 0 Å². The van der Waals surface area contributed by atoms with E-state index in [1.165, 1.54) is 12.1 Å². The summed E-state index contributed by atoms with van der Waals surface area (Å²) in [4.78, 5) is 13.6. The zero-order chi connectivity index (χ0) is 13.7. The molecule has 1 aliphatic heterocycles. The SMILES string of the molecule is COCCC(=O)N1CCC(Oc2cccc(F)c2)C1. The van der Waals surface area contributed by atoms with Crippen molar-refractivity contribution in [3.63, 3.8) is 0 Å². The first kappa shape index (κ1) is 13.8. The molecule has 0 radical (unpaired) electrons. The van der Waals surface area contributed by atoms with E-state index >= 15 is 0 Å². The molecule has 1 saturated heterocycles. The van der Waals surface area contributed by atoms with Crippen molar-refractivity contribution in [1.29, 1.82) is 0 Å². The molecule has 0 aliphatic carbocycles. The third kappa shape index (κ3) is 3.92. The fourth-order valence-corrected chi connectivity index (χ4v) is 2.13. The van der Waals surface area contributed by atoms with Gasteiger partial charge >= 0.3 is 0 Å². The van der Waals surface area contributed by atoms with E-state index in [0.29, 0.717) is 31.9 Å². The van der Waals surface area contributed by atoms with Gasteiger partial charge in [0.15, 0.2) is 0 Å². The van der Waals surface area contributed by atoms with Gasteiger partial charge < -0.3 is 14.4 Å². The van der Waals surface area contributed by atoms with Gasteiger partial charge in [-0.15, -0.1) is 0 Å². The van der Waals surface area contributed by atoms with E-state index in [2.05, 4.69) is 0 Å². The fourth-order valence-electron chi connectivity index (χ4n) is 2.13. The number of amides is 1. The van der Waals surface area contributed by atoms with E-state index in [-0.39, 0.29) is 17.8 Å². The third-order valence-corrected chi connectivity index (χ3v) is 3.12. The molecule has 1 aromatic carbocycles. The maximum absolute atomic E-state index is 13.0. The van der Waals surface area contributed by atoms with Crippen LogP contribution in [-0.2, 0) is 9.53 Å². The Balaban J connectivity index is 1.83. The predicted octanol–water partition coefficient (Wildman–Crippen LogP) is 1.84. The number of benzene rings is 1. The van der Waals surface area contributed by atoms with Crippen molar-refractivity contribution in [3.05, 3.63) is 30.1 Å². The zero-order valence-corrected chi connectivity index (χ0v) is 11.0. The van der Waals surface area contributed by atoms with Crippen LogP contribution in [0.15, 0.2) is 24.3 Å². The van der Waals surface area contributed by atoms with Crippen LogP contribution in [0.25, 0.3) is 0 Å². The quantitative estimate of drug-likeness (QED) is 0.817. The molecule has 0 saturated carbocycles. The normalized spacial score (nSPS) is 18.6. The first-order chi connectivity index (χ1) is 9.19. The molecule has 1 atom stereocenters. The molecule has 5 heteroatoms. The maximum Gasteiger partial charge on any atom is 0.225 e. The van der Waals surface area contributed by atoms with Crippen molar-refractivity contribution >= 4 is 5.91 Å². The van der Waals surface area contributed by atoms with Crippen LogP contribution in [0, 0.1) is 5.82 Å². The van der Waals surface area contributed by atoms with Crippen LogP contribution in [0.5, 0.6) is 5.75 Å². The maximum atomic E-state index is 13.0. The van der Waals surface area contributed by atoms with Gasteiger partial charge in [-0.05, 0) is 12.1 Å². The Hall–Kier alpha value is -1.62. The summed E-state index contributed by atoms with van der Waals surface area (Å²) in [5, 5.41) is 0. The van der Waals surface area contributed by atoms with Crippen LogP contribution >= 0.6 is 0 Å². The summed E-state index contributed by atoms with van der Waals surface area (Å²) in [6, 6.07) is 6.07. The highest BCUT2D eigenvalue weighted by molar-refractivity contribution is 5.76. The first-order valence-corrected chi connectivity index (χ1v) is 6.38. The van der Waals surface area contributed by atoms with Crippen LogP contribution in [0.4, 0.5) is 4.39 Å². The van der Waals surface area contributed by atoms with E-state index in [4.69, 9.17) is 9.47 Å². The van der Waals surface area contributed by atoms with Crippen molar-refractivity contribution in [2.75, 3.05) is 26.8 Å². The van der Waals surface area contributed by atoms with Gasteiger partial charge in [0.05, 0.1) is 19.6 Å². The monoisotopic (exact) mass is 267 g/mol. The summed E-state index contributed by atoms with van der Waals surface area (Å²) in [6.45, 7) is 1.67. The molecule has 4 nitrogen and oxygen atoms in total. The summed E-state index contributed by atoms with van der Waals surface area (Å²) in [5.41, 5.74) is 0. The number of nitrogens with zero attached hydrogens (tertiary/aromatic N) is 1. The molecule has 0 N–H and O–H groups in total. The molecular formula is C14H18FNO3. The summed E-state index contributed by atoms with van der Waals surface area (Å²) in [7, 11) is 1.58. The zero-order valence-electron chi connectivity index (χ0n) is 11.0. The Morgan fingerprint density at radius 1 is 1.53 bits per heavy atom. The smallest absolute Gasteiger partial charge is 0.225 e. The number of hydrogen-bond donors (Lipinski definition) is 0. The average Bonchev–Trinajstić information content (AvgIpc) is 2.84. The molecule has 0 bridgehead atoms. The van der Waals surface area contributed by atoms with Crippen molar-refractivity contribution in [2.45, 2.75) is 18.9 Å². The molecule has 104 valence electrons. The molecule has 0 aromatic heterocycles. The largest absolute Gasteiger partial charge is 0.488 e. The Kier molecular flexibility index (Phi) is 4.74. The molecule has 1 aliphatic rings. The van der Waals surface area contributed by atoms with Gasteiger partial charge in [0.2, 0.25) is 5.91 Å². The number of likely N-dealkylation sites (tertiary alicyclic amines) is 1. The molecular weight excluding hydrogens is 249 g/mol. The van der Waals surface area contributed by atoms with E-state index in [0.717, 1.165) is 6.42 Å². The lowest BCUT2D eigenvalue weighted by Gasteiger charge is -2.17. The number of halogens is 1. The van der Waals surface area contributed by atoms with Crippen LogP contribution in [0.1, 0.15) is 12.8 Å². The van der Waals surface area contributed by atoms with Crippen LogP contribution in [0.3, 0.4) is 0 Å². The highest BCUT2D eigenvalue weighted by atomic mass is 19.1. The van der Waals surface area contributed by atoms with E-state index in [1.54, 1.807) is 24.1 Å². The Morgan fingerprint density at radius 3 is 3.11 bits per heavy atom. The minimum absolute atomic E-state index is 0.0618. The van der Waals surface area contributed by atoms with E-state index in [1.807, 2.05) is 0 Å². The molecule has 1 aromatic rings. The predicted molar refractivity (Wildman–Crippen MR) is 68.5 cm³/mol. The van der Waals surface area contributed by atoms with Gasteiger partial charge in [0.1, 0.15) is 17.7 Å². The molecule has 1 fully saturated rings. The summed E-state index contributed by atoms with van der Waals surface area (Å²) in [5.74, 6) is 0.270. The van der Waals surface area contributed by atoms with Crippen molar-refractivity contribution in [2.24, 2.45) is 0 Å². The molecule has 1 heterocycles. The van der Waals surface area contributed by atoms with Crippen LogP contribution < -0.4 is 4.74 Å². The summed E-state index contributed by atoms with van der Waals surface area (Å²) < 4.78 is 23.6. The highest BCUT2D eigenvalue weighted by Crippen LogP contribution is 2.19. The second kappa shape index (κ2) is 6.52. The Bertz CT molecular complexity index is 438. The Labute approximate surface area is 112 Å². The van der Waals surface area contributed by atoms with Crippen molar-refractivity contribution in [3.8, 4) is 5.75 Å². The first-order valence-electron chi connectivity index (χ1n) is 6.38. The lowest BCUT2D eigenvalue weighted by Crippen LogP contribution is -2.31. The highest BCUT2D eigenvalue weighted by Gasteiger charge is 2.27. The number of methoxy groups -OCH3 is 1. The number of carbonyl (C=O) groups excluding carboxylic acids is 1. The lowest BCUT2D eigenvalue weighted by atomic mass is 10.3. The van der Waals surface area contributed by atoms with Gasteiger partial charge in [-0.2, -0.15) is 0 Å². The minimum Gasteiger partial charge on any atom is -0.488 e. The number of rotatable bonds is 5. The summed E-state index contributed by atoms with van der Waals surface area (Å²) >= 11 is 0. The second-order valence-corrected chi connectivity index (χ2v) is 4.57. The third-order valence-electron chi connectivity index (χ3n) is 3.12. The van der Waals surface area contributed by atoms with Crippen LogP contribution in [0.2, 0.25) is 0 Å². The average molecular weight is 267 g/mol. The van der Waals surface area contributed by atoms with Gasteiger partial charge in [-0.1, -0.05) is 6.07 Å². The molecule has 1 amide bonds. The topological polar surface area (TPSA) is 38.8 Å². The fraction of sp³-hybridized carbons (Fsp3) is 0.500. The number of ether oxygens (including phenoxy) is 2. The van der Waals surface area contributed by atoms with Crippen molar-refractivity contribution in [1.82, 2.24) is 4.90 Å². The minimum atomic E-state index is -0.316. The van der Waals surface area contributed by atoms with Gasteiger partial charge in [-0.25, -0.2) is 4.39 Å².